The third kappa shape index (κ3) is 5.02. The first-order chi connectivity index (χ1) is 6.90. The second kappa shape index (κ2) is 6.67. The molecule has 4 nitrogen and oxygen atoms in total. The first-order valence-electron chi connectivity index (χ1n) is 4.93. The van der Waals surface area contributed by atoms with Crippen LogP contribution in [0.1, 0.15) is 27.2 Å². The molecule has 0 saturated carbocycles. The number of halogens is 1. The first-order valence-corrected chi connectivity index (χ1v) is 5.37. The molecule has 0 aliphatic rings. The van der Waals surface area contributed by atoms with Crippen molar-refractivity contribution < 1.29 is 19.4 Å². The lowest BCUT2D eigenvalue weighted by molar-refractivity contribution is -0.158. The van der Waals surface area contributed by atoms with Gasteiger partial charge in [-0.3, -0.25) is 9.59 Å². The molecule has 0 bridgehead atoms. The molecule has 1 unspecified atom stereocenters. The summed E-state index contributed by atoms with van der Waals surface area (Å²) in [6, 6.07) is 0. The number of rotatable bonds is 6. The van der Waals surface area contributed by atoms with Crippen LogP contribution in [0.25, 0.3) is 0 Å². The summed E-state index contributed by atoms with van der Waals surface area (Å²) >= 11 is 5.89. The Bertz CT molecular complexity index is 227. The molecule has 2 atom stereocenters. The molecule has 0 aromatic heterocycles. The second-order valence-corrected chi connectivity index (χ2v) is 4.27. The van der Waals surface area contributed by atoms with E-state index in [1.54, 1.807) is 6.92 Å². The van der Waals surface area contributed by atoms with Gasteiger partial charge in [0.25, 0.3) is 0 Å². The van der Waals surface area contributed by atoms with E-state index in [9.17, 15) is 9.59 Å². The van der Waals surface area contributed by atoms with Crippen LogP contribution < -0.4 is 0 Å². The summed E-state index contributed by atoms with van der Waals surface area (Å²) < 4.78 is 4.66. The summed E-state index contributed by atoms with van der Waals surface area (Å²) in [4.78, 5) is 22.2. The average molecular weight is 237 g/mol. The molecule has 0 aliphatic heterocycles. The minimum Gasteiger partial charge on any atom is -0.481 e. The van der Waals surface area contributed by atoms with E-state index in [0.29, 0.717) is 6.42 Å². The molecule has 0 spiro atoms. The zero-order valence-corrected chi connectivity index (χ0v) is 9.95. The van der Waals surface area contributed by atoms with Gasteiger partial charge in [-0.25, -0.2) is 0 Å². The minimum atomic E-state index is -1.27. The number of aliphatic carboxylic acids is 1. The normalized spacial score (nSPS) is 14.7. The van der Waals surface area contributed by atoms with Crippen molar-refractivity contribution in [2.24, 2.45) is 11.8 Å². The summed E-state index contributed by atoms with van der Waals surface area (Å²) in [5.74, 6) is -3.02. The van der Waals surface area contributed by atoms with Crippen molar-refractivity contribution >= 4 is 23.5 Å². The van der Waals surface area contributed by atoms with E-state index in [0.717, 1.165) is 0 Å². The van der Waals surface area contributed by atoms with Gasteiger partial charge in [-0.1, -0.05) is 13.8 Å². The number of alkyl halides is 1. The number of carbonyl (C=O) groups excluding carboxylic acids is 1. The molecule has 0 aromatic rings. The molecule has 0 aliphatic carbocycles. The van der Waals surface area contributed by atoms with Gasteiger partial charge in [0.2, 0.25) is 0 Å². The number of ether oxygens (including phenoxy) is 1. The number of esters is 1. The van der Waals surface area contributed by atoms with Crippen LogP contribution in [0.3, 0.4) is 0 Å². The van der Waals surface area contributed by atoms with E-state index in [4.69, 9.17) is 16.7 Å². The molecule has 0 rings (SSSR count). The van der Waals surface area contributed by atoms with Crippen molar-refractivity contribution in [2.75, 3.05) is 6.61 Å². The molecule has 0 fully saturated rings. The average Bonchev–Trinajstić information content (AvgIpc) is 2.01. The highest BCUT2D eigenvalue weighted by Crippen LogP contribution is 2.21. The van der Waals surface area contributed by atoms with Crippen LogP contribution in [0.5, 0.6) is 0 Å². The van der Waals surface area contributed by atoms with Crippen molar-refractivity contribution in [1.29, 1.82) is 0 Å². The van der Waals surface area contributed by atoms with Gasteiger partial charge in [0.15, 0.2) is 5.92 Å². The predicted octanol–water partition coefficient (Wildman–Crippen LogP) is 1.90. The van der Waals surface area contributed by atoms with Gasteiger partial charge in [-0.2, -0.15) is 0 Å². The summed E-state index contributed by atoms with van der Waals surface area (Å²) in [5, 5.41) is 8.15. The topological polar surface area (TPSA) is 63.6 Å². The lowest BCUT2D eigenvalue weighted by Crippen LogP contribution is -2.34. The third-order valence-corrected chi connectivity index (χ3v) is 2.29. The van der Waals surface area contributed by atoms with Crippen molar-refractivity contribution in [2.45, 2.75) is 32.6 Å². The molecule has 0 aromatic carbocycles. The van der Waals surface area contributed by atoms with Gasteiger partial charge in [0.1, 0.15) is 0 Å². The van der Waals surface area contributed by atoms with Crippen LogP contribution in [0.15, 0.2) is 0 Å². The smallest absolute Gasteiger partial charge is 0.321 e. The summed E-state index contributed by atoms with van der Waals surface area (Å²) in [7, 11) is 0. The Morgan fingerprint density at radius 3 is 2.27 bits per heavy atom. The van der Waals surface area contributed by atoms with E-state index in [1.807, 2.05) is 13.8 Å². The van der Waals surface area contributed by atoms with E-state index >= 15 is 0 Å². The number of hydrogen-bond acceptors (Lipinski definition) is 3. The van der Waals surface area contributed by atoms with E-state index < -0.39 is 23.2 Å². The number of hydrogen-bond donors (Lipinski definition) is 1. The van der Waals surface area contributed by atoms with Gasteiger partial charge in [0, 0.05) is 0 Å². The van der Waals surface area contributed by atoms with Gasteiger partial charge in [-0.15, -0.1) is 11.6 Å². The van der Waals surface area contributed by atoms with Crippen LogP contribution in [0, 0.1) is 11.8 Å². The fourth-order valence-electron chi connectivity index (χ4n) is 1.22. The molecule has 0 amide bonds. The van der Waals surface area contributed by atoms with Gasteiger partial charge < -0.3 is 9.84 Å². The number of carboxylic acids is 1. The largest absolute Gasteiger partial charge is 0.481 e. The summed E-state index contributed by atoms with van der Waals surface area (Å²) in [6.45, 7) is 5.62. The Morgan fingerprint density at radius 1 is 1.40 bits per heavy atom. The van der Waals surface area contributed by atoms with Crippen LogP contribution in [-0.4, -0.2) is 29.0 Å². The standard InChI is InChI=1S/C10H17ClO4/c1-4-15-10(14)8(9(12)13)7(11)5-6(2)3/h6-8H,4-5H2,1-3H3,(H,12,13)/t7-,8?/m0/s1. The van der Waals surface area contributed by atoms with Gasteiger partial charge in [-0.05, 0) is 19.3 Å². The Morgan fingerprint density at radius 2 is 1.93 bits per heavy atom. The highest BCUT2D eigenvalue weighted by Gasteiger charge is 2.35. The van der Waals surface area contributed by atoms with E-state index in [2.05, 4.69) is 4.74 Å². The van der Waals surface area contributed by atoms with Crippen molar-refractivity contribution in [3.05, 3.63) is 0 Å². The third-order valence-electron chi connectivity index (χ3n) is 1.86. The first kappa shape index (κ1) is 14.2. The SMILES string of the molecule is CCOC(=O)C(C(=O)O)[C@@H](Cl)CC(C)C. The van der Waals surface area contributed by atoms with Crippen molar-refractivity contribution in [1.82, 2.24) is 0 Å². The van der Waals surface area contributed by atoms with Crippen LogP contribution in [0.2, 0.25) is 0 Å². The summed E-state index contributed by atoms with van der Waals surface area (Å²) in [5.41, 5.74) is 0. The Kier molecular flexibility index (Phi) is 6.32. The van der Waals surface area contributed by atoms with Gasteiger partial charge >= 0.3 is 11.9 Å². The van der Waals surface area contributed by atoms with E-state index in [-0.39, 0.29) is 12.5 Å². The molecular weight excluding hydrogens is 220 g/mol. The van der Waals surface area contributed by atoms with Gasteiger partial charge in [0.05, 0.1) is 12.0 Å². The minimum absolute atomic E-state index is 0.161. The molecule has 0 saturated heterocycles. The van der Waals surface area contributed by atoms with Crippen molar-refractivity contribution in [3.8, 4) is 0 Å². The monoisotopic (exact) mass is 236 g/mol. The zero-order valence-electron chi connectivity index (χ0n) is 9.20. The highest BCUT2D eigenvalue weighted by atomic mass is 35.5. The molecule has 5 heteroatoms. The molecule has 88 valence electrons. The van der Waals surface area contributed by atoms with E-state index in [1.165, 1.54) is 0 Å². The lowest BCUT2D eigenvalue weighted by Gasteiger charge is -2.18. The molecule has 0 radical (unpaired) electrons. The fourth-order valence-corrected chi connectivity index (χ4v) is 1.79. The van der Waals surface area contributed by atoms with Crippen LogP contribution >= 0.6 is 11.6 Å². The maximum absolute atomic E-state index is 11.3. The van der Waals surface area contributed by atoms with Crippen molar-refractivity contribution in [3.63, 3.8) is 0 Å². The zero-order chi connectivity index (χ0) is 12.0. The Labute approximate surface area is 94.6 Å². The molecule has 0 heterocycles. The number of carbonyl (C=O) groups is 2. The number of carboxylic acid groups (broad SMARTS) is 1. The predicted molar refractivity (Wildman–Crippen MR) is 56.9 cm³/mol. The molecular formula is C10H17ClO4. The fraction of sp³-hybridized carbons (Fsp3) is 0.800. The summed E-state index contributed by atoms with van der Waals surface area (Å²) in [6.07, 6.45) is 0.470. The second-order valence-electron chi connectivity index (χ2n) is 3.71. The molecule has 1 N–H and O–H groups in total. The maximum atomic E-state index is 11.3. The Hall–Kier alpha value is -0.770. The van der Waals surface area contributed by atoms with Crippen LogP contribution in [-0.2, 0) is 14.3 Å². The lowest BCUT2D eigenvalue weighted by atomic mass is 9.97. The molecule has 15 heavy (non-hydrogen) atoms. The van der Waals surface area contributed by atoms with Crippen LogP contribution in [0.4, 0.5) is 0 Å². The quantitative estimate of drug-likeness (QED) is 0.435. The maximum Gasteiger partial charge on any atom is 0.321 e. The Balaban J connectivity index is 4.51. The highest BCUT2D eigenvalue weighted by molar-refractivity contribution is 6.24.